The average Bonchev–Trinajstić information content (AvgIpc) is 2.31. The van der Waals surface area contributed by atoms with E-state index in [0.29, 0.717) is 0 Å². The van der Waals surface area contributed by atoms with Gasteiger partial charge in [0.25, 0.3) is 0 Å². The van der Waals surface area contributed by atoms with Gasteiger partial charge in [-0.05, 0) is 54.8 Å². The molecular formula is C14H22FNS. The van der Waals surface area contributed by atoms with Gasteiger partial charge in [-0.15, -0.1) is 11.8 Å². The van der Waals surface area contributed by atoms with Crippen LogP contribution in [0.25, 0.3) is 0 Å². The molecular weight excluding hydrogens is 233 g/mol. The van der Waals surface area contributed by atoms with Gasteiger partial charge >= 0.3 is 0 Å². The molecule has 0 saturated carbocycles. The molecule has 1 nitrogen and oxygen atoms in total. The first kappa shape index (κ1) is 14.5. The predicted octanol–water partition coefficient (Wildman–Crippen LogP) is 4.07. The molecule has 0 radical (unpaired) electrons. The normalized spacial score (nSPS) is 11.8. The van der Waals surface area contributed by atoms with Gasteiger partial charge in [0.15, 0.2) is 0 Å². The van der Waals surface area contributed by atoms with E-state index in [-0.39, 0.29) is 11.2 Å². The SMILES string of the molecule is CC(C)(CN)CCCCSc1ccc(F)cc1. The lowest BCUT2D eigenvalue weighted by Crippen LogP contribution is -2.23. The Balaban J connectivity index is 2.14. The standard InChI is InChI=1S/C14H22FNS/c1-14(2,11-16)9-3-4-10-17-13-7-5-12(15)6-8-13/h5-8H,3-4,9-11,16H2,1-2H3. The lowest BCUT2D eigenvalue weighted by atomic mass is 9.88. The number of halogens is 1. The summed E-state index contributed by atoms with van der Waals surface area (Å²) in [4.78, 5) is 1.14. The number of rotatable bonds is 7. The molecule has 3 heteroatoms. The third kappa shape index (κ3) is 6.08. The number of benzene rings is 1. The van der Waals surface area contributed by atoms with Crippen molar-refractivity contribution in [1.82, 2.24) is 0 Å². The van der Waals surface area contributed by atoms with E-state index in [1.165, 1.54) is 31.4 Å². The van der Waals surface area contributed by atoms with Gasteiger partial charge in [-0.25, -0.2) is 4.39 Å². The van der Waals surface area contributed by atoms with E-state index in [2.05, 4.69) is 13.8 Å². The van der Waals surface area contributed by atoms with Gasteiger partial charge in [0, 0.05) is 4.90 Å². The summed E-state index contributed by atoms with van der Waals surface area (Å²) in [5, 5.41) is 0. The van der Waals surface area contributed by atoms with Gasteiger partial charge < -0.3 is 5.73 Å². The van der Waals surface area contributed by atoms with Crippen molar-refractivity contribution < 1.29 is 4.39 Å². The van der Waals surface area contributed by atoms with Crippen LogP contribution in [0.3, 0.4) is 0 Å². The molecule has 0 unspecified atom stereocenters. The molecule has 0 aliphatic heterocycles. The molecule has 0 amide bonds. The minimum atomic E-state index is -0.168. The van der Waals surface area contributed by atoms with Gasteiger partial charge in [-0.2, -0.15) is 0 Å². The maximum atomic E-state index is 12.7. The second-order valence-electron chi connectivity index (χ2n) is 5.13. The quantitative estimate of drug-likeness (QED) is 0.587. The molecule has 0 atom stereocenters. The van der Waals surface area contributed by atoms with Crippen LogP contribution in [0.15, 0.2) is 29.2 Å². The van der Waals surface area contributed by atoms with E-state index >= 15 is 0 Å². The van der Waals surface area contributed by atoms with Crippen LogP contribution in [-0.4, -0.2) is 12.3 Å². The van der Waals surface area contributed by atoms with Crippen LogP contribution in [0.1, 0.15) is 33.1 Å². The van der Waals surface area contributed by atoms with Gasteiger partial charge in [0.2, 0.25) is 0 Å². The van der Waals surface area contributed by atoms with E-state index in [0.717, 1.165) is 17.2 Å². The van der Waals surface area contributed by atoms with E-state index in [4.69, 9.17) is 5.73 Å². The molecule has 0 fully saturated rings. The van der Waals surface area contributed by atoms with Crippen LogP contribution in [0.4, 0.5) is 4.39 Å². The van der Waals surface area contributed by atoms with E-state index in [1.807, 2.05) is 12.1 Å². The Morgan fingerprint density at radius 3 is 2.41 bits per heavy atom. The molecule has 1 aromatic carbocycles. The maximum absolute atomic E-state index is 12.7. The summed E-state index contributed by atoms with van der Waals surface area (Å²) in [5.41, 5.74) is 5.95. The molecule has 0 saturated heterocycles. The second-order valence-corrected chi connectivity index (χ2v) is 6.30. The van der Waals surface area contributed by atoms with Crippen molar-refractivity contribution in [2.75, 3.05) is 12.3 Å². The van der Waals surface area contributed by atoms with Crippen molar-refractivity contribution in [3.05, 3.63) is 30.1 Å². The fraction of sp³-hybridized carbons (Fsp3) is 0.571. The summed E-state index contributed by atoms with van der Waals surface area (Å²) < 4.78 is 12.7. The number of unbranched alkanes of at least 4 members (excludes halogenated alkanes) is 1. The molecule has 1 rings (SSSR count). The van der Waals surface area contributed by atoms with Crippen molar-refractivity contribution in [2.45, 2.75) is 38.0 Å². The second kappa shape index (κ2) is 7.02. The molecule has 0 spiro atoms. The van der Waals surface area contributed by atoms with Gasteiger partial charge in [0.05, 0.1) is 0 Å². The molecule has 0 heterocycles. The zero-order chi connectivity index (χ0) is 12.7. The first-order chi connectivity index (χ1) is 8.03. The predicted molar refractivity (Wildman–Crippen MR) is 73.8 cm³/mol. The minimum absolute atomic E-state index is 0.168. The lowest BCUT2D eigenvalue weighted by Gasteiger charge is -2.21. The summed E-state index contributed by atoms with van der Waals surface area (Å²) in [7, 11) is 0. The Labute approximate surface area is 108 Å². The van der Waals surface area contributed by atoms with Crippen LogP contribution in [0.5, 0.6) is 0 Å². The van der Waals surface area contributed by atoms with Crippen molar-refractivity contribution in [3.8, 4) is 0 Å². The smallest absolute Gasteiger partial charge is 0.123 e. The molecule has 0 aliphatic rings. The van der Waals surface area contributed by atoms with E-state index in [1.54, 1.807) is 11.8 Å². The number of hydrogen-bond acceptors (Lipinski definition) is 2. The molecule has 96 valence electrons. The maximum Gasteiger partial charge on any atom is 0.123 e. The van der Waals surface area contributed by atoms with Crippen molar-refractivity contribution in [1.29, 1.82) is 0 Å². The Morgan fingerprint density at radius 2 is 1.82 bits per heavy atom. The molecule has 0 aliphatic carbocycles. The topological polar surface area (TPSA) is 26.0 Å². The zero-order valence-corrected chi connectivity index (χ0v) is 11.5. The highest BCUT2D eigenvalue weighted by molar-refractivity contribution is 7.99. The van der Waals surface area contributed by atoms with Crippen LogP contribution >= 0.6 is 11.8 Å². The first-order valence-electron chi connectivity index (χ1n) is 6.12. The number of hydrogen-bond donors (Lipinski definition) is 1. The highest BCUT2D eigenvalue weighted by atomic mass is 32.2. The Kier molecular flexibility index (Phi) is 6.00. The third-order valence-electron chi connectivity index (χ3n) is 2.88. The Hall–Kier alpha value is -0.540. The van der Waals surface area contributed by atoms with Crippen molar-refractivity contribution in [2.24, 2.45) is 11.1 Å². The van der Waals surface area contributed by atoms with Gasteiger partial charge in [-0.3, -0.25) is 0 Å². The Bertz CT molecular complexity index is 321. The highest BCUT2D eigenvalue weighted by Gasteiger charge is 2.14. The van der Waals surface area contributed by atoms with Crippen LogP contribution in [0, 0.1) is 11.2 Å². The fourth-order valence-electron chi connectivity index (χ4n) is 1.53. The first-order valence-corrected chi connectivity index (χ1v) is 7.10. The largest absolute Gasteiger partial charge is 0.330 e. The van der Waals surface area contributed by atoms with Gasteiger partial charge in [-0.1, -0.05) is 20.3 Å². The summed E-state index contributed by atoms with van der Waals surface area (Å²) in [6.07, 6.45) is 3.57. The average molecular weight is 255 g/mol. The minimum Gasteiger partial charge on any atom is -0.330 e. The van der Waals surface area contributed by atoms with Crippen molar-refractivity contribution >= 4 is 11.8 Å². The van der Waals surface area contributed by atoms with Crippen molar-refractivity contribution in [3.63, 3.8) is 0 Å². The van der Waals surface area contributed by atoms with Crippen LogP contribution in [-0.2, 0) is 0 Å². The molecule has 1 aromatic rings. The molecule has 17 heavy (non-hydrogen) atoms. The number of nitrogens with two attached hydrogens (primary N) is 1. The zero-order valence-electron chi connectivity index (χ0n) is 10.7. The summed E-state index contributed by atoms with van der Waals surface area (Å²) >= 11 is 1.79. The van der Waals surface area contributed by atoms with Crippen LogP contribution < -0.4 is 5.73 Å². The monoisotopic (exact) mass is 255 g/mol. The van der Waals surface area contributed by atoms with E-state index in [9.17, 15) is 4.39 Å². The summed E-state index contributed by atoms with van der Waals surface area (Å²) in [6.45, 7) is 5.17. The highest BCUT2D eigenvalue weighted by Crippen LogP contribution is 2.24. The third-order valence-corrected chi connectivity index (χ3v) is 3.98. The molecule has 0 bridgehead atoms. The summed E-state index contributed by atoms with van der Waals surface area (Å²) in [5.74, 6) is 0.922. The fourth-order valence-corrected chi connectivity index (χ4v) is 2.44. The van der Waals surface area contributed by atoms with Crippen LogP contribution in [0.2, 0.25) is 0 Å². The lowest BCUT2D eigenvalue weighted by molar-refractivity contribution is 0.336. The van der Waals surface area contributed by atoms with E-state index < -0.39 is 0 Å². The summed E-state index contributed by atoms with van der Waals surface area (Å²) in [6, 6.07) is 6.70. The van der Waals surface area contributed by atoms with Gasteiger partial charge in [0.1, 0.15) is 5.82 Å². The Morgan fingerprint density at radius 1 is 1.18 bits per heavy atom. The molecule has 0 aromatic heterocycles. The molecule has 2 N–H and O–H groups in total. The number of thioether (sulfide) groups is 1.